The van der Waals surface area contributed by atoms with Gasteiger partial charge in [-0.25, -0.2) is 0 Å². The Labute approximate surface area is 113 Å². The number of aryl methyl sites for hydroxylation is 1. The van der Waals surface area contributed by atoms with Crippen LogP contribution in [0.5, 0.6) is 0 Å². The number of rotatable bonds is 7. The summed E-state index contributed by atoms with van der Waals surface area (Å²) >= 11 is 0. The van der Waals surface area contributed by atoms with E-state index in [1.54, 1.807) is 12.1 Å². The maximum Gasteiger partial charge on any atom is 0.314 e. The minimum atomic E-state index is -1.32. The van der Waals surface area contributed by atoms with E-state index in [0.29, 0.717) is 18.4 Å². The molecule has 0 heterocycles. The van der Waals surface area contributed by atoms with Crippen LogP contribution in [0.25, 0.3) is 0 Å². The van der Waals surface area contributed by atoms with E-state index >= 15 is 0 Å². The molecule has 0 aromatic heterocycles. The lowest BCUT2D eigenvalue weighted by Gasteiger charge is -2.28. The molecule has 4 nitrogen and oxygen atoms in total. The zero-order valence-corrected chi connectivity index (χ0v) is 11.3. The van der Waals surface area contributed by atoms with Crippen molar-refractivity contribution in [3.05, 3.63) is 35.4 Å². The molecule has 0 saturated heterocycles. The maximum atomic E-state index is 11.7. The molecule has 1 aromatic carbocycles. The highest BCUT2D eigenvalue weighted by molar-refractivity contribution is 5.87. The van der Waals surface area contributed by atoms with Crippen LogP contribution in [0.15, 0.2) is 24.3 Å². The van der Waals surface area contributed by atoms with Gasteiger partial charge in [-0.05, 0) is 18.9 Å². The van der Waals surface area contributed by atoms with E-state index in [1.807, 2.05) is 26.0 Å². The fraction of sp³-hybridized carbons (Fsp3) is 0.467. The Bertz CT molecular complexity index is 450. The molecule has 0 fully saturated rings. The molecule has 0 aliphatic heterocycles. The van der Waals surface area contributed by atoms with Crippen molar-refractivity contribution in [3.63, 3.8) is 0 Å². The molecule has 1 atom stereocenters. The standard InChI is InChI=1S/C15H20O4/c1-3-4-9-15(14(18)19,10-13(16)17)12-7-5-11(2)6-8-12/h5-8H,3-4,9-10H2,1-2H3,(H,16,17)(H,18,19). The second-order valence-corrected chi connectivity index (χ2v) is 4.93. The normalized spacial score (nSPS) is 13.8. The molecule has 19 heavy (non-hydrogen) atoms. The van der Waals surface area contributed by atoms with Gasteiger partial charge in [-0.1, -0.05) is 49.6 Å². The molecule has 0 bridgehead atoms. The van der Waals surface area contributed by atoms with Gasteiger partial charge in [0, 0.05) is 0 Å². The summed E-state index contributed by atoms with van der Waals surface area (Å²) in [5.41, 5.74) is 0.269. The first-order chi connectivity index (χ1) is 8.92. The SMILES string of the molecule is CCCCC(CC(=O)O)(C(=O)O)c1ccc(C)cc1. The summed E-state index contributed by atoms with van der Waals surface area (Å²) < 4.78 is 0. The highest BCUT2D eigenvalue weighted by Crippen LogP contribution is 2.34. The molecule has 104 valence electrons. The van der Waals surface area contributed by atoms with E-state index in [0.717, 1.165) is 12.0 Å². The van der Waals surface area contributed by atoms with Gasteiger partial charge < -0.3 is 10.2 Å². The molecule has 0 aliphatic carbocycles. The van der Waals surface area contributed by atoms with Crippen LogP contribution in [0.3, 0.4) is 0 Å². The second-order valence-electron chi connectivity index (χ2n) is 4.93. The van der Waals surface area contributed by atoms with Gasteiger partial charge in [-0.2, -0.15) is 0 Å². The summed E-state index contributed by atoms with van der Waals surface area (Å²) in [4.78, 5) is 22.7. The van der Waals surface area contributed by atoms with E-state index < -0.39 is 17.4 Å². The third-order valence-corrected chi connectivity index (χ3v) is 3.42. The molecule has 0 spiro atoms. The van der Waals surface area contributed by atoms with Gasteiger partial charge in [-0.3, -0.25) is 9.59 Å². The van der Waals surface area contributed by atoms with Crippen molar-refractivity contribution in [1.82, 2.24) is 0 Å². The number of hydrogen-bond acceptors (Lipinski definition) is 2. The second kappa shape index (κ2) is 6.36. The first-order valence-corrected chi connectivity index (χ1v) is 6.44. The Kier molecular flexibility index (Phi) is 5.10. The zero-order chi connectivity index (χ0) is 14.5. The van der Waals surface area contributed by atoms with Crippen LogP contribution < -0.4 is 0 Å². The average Bonchev–Trinajstić information content (AvgIpc) is 2.34. The average molecular weight is 264 g/mol. The molecule has 1 aromatic rings. The number of carboxylic acid groups (broad SMARTS) is 2. The first-order valence-electron chi connectivity index (χ1n) is 6.44. The van der Waals surface area contributed by atoms with Crippen molar-refractivity contribution < 1.29 is 19.8 Å². The van der Waals surface area contributed by atoms with Gasteiger partial charge in [0.05, 0.1) is 6.42 Å². The fourth-order valence-electron chi connectivity index (χ4n) is 2.25. The summed E-state index contributed by atoms with van der Waals surface area (Å²) in [6.45, 7) is 3.87. The Morgan fingerprint density at radius 1 is 1.16 bits per heavy atom. The number of benzene rings is 1. The molecule has 1 unspecified atom stereocenters. The molecule has 4 heteroatoms. The van der Waals surface area contributed by atoms with Crippen LogP contribution in [0, 0.1) is 6.92 Å². The Balaban J connectivity index is 3.24. The Hall–Kier alpha value is -1.84. The van der Waals surface area contributed by atoms with Gasteiger partial charge in [0.15, 0.2) is 0 Å². The predicted octanol–water partition coefficient (Wildman–Crippen LogP) is 2.98. The highest BCUT2D eigenvalue weighted by atomic mass is 16.4. The minimum absolute atomic E-state index is 0.341. The summed E-state index contributed by atoms with van der Waals surface area (Å²) in [7, 11) is 0. The maximum absolute atomic E-state index is 11.7. The van der Waals surface area contributed by atoms with Gasteiger partial charge in [0.1, 0.15) is 5.41 Å². The van der Waals surface area contributed by atoms with Gasteiger partial charge in [0.2, 0.25) is 0 Å². The van der Waals surface area contributed by atoms with Gasteiger partial charge >= 0.3 is 11.9 Å². The summed E-state index contributed by atoms with van der Waals surface area (Å²) in [6, 6.07) is 7.09. The van der Waals surface area contributed by atoms with E-state index in [-0.39, 0.29) is 6.42 Å². The lowest BCUT2D eigenvalue weighted by molar-refractivity contribution is -0.150. The Morgan fingerprint density at radius 2 is 1.74 bits per heavy atom. The van der Waals surface area contributed by atoms with Crippen molar-refractivity contribution in [3.8, 4) is 0 Å². The number of hydrogen-bond donors (Lipinski definition) is 2. The van der Waals surface area contributed by atoms with Crippen molar-refractivity contribution in [2.75, 3.05) is 0 Å². The quantitative estimate of drug-likeness (QED) is 0.794. The van der Waals surface area contributed by atoms with Crippen molar-refractivity contribution in [1.29, 1.82) is 0 Å². The first kappa shape index (κ1) is 15.2. The zero-order valence-electron chi connectivity index (χ0n) is 11.3. The van der Waals surface area contributed by atoms with E-state index in [1.165, 1.54) is 0 Å². The number of unbranched alkanes of at least 4 members (excludes halogenated alkanes) is 1. The molecular weight excluding hydrogens is 244 g/mol. The van der Waals surface area contributed by atoms with Crippen molar-refractivity contribution in [2.24, 2.45) is 0 Å². The van der Waals surface area contributed by atoms with E-state index in [9.17, 15) is 14.7 Å². The third-order valence-electron chi connectivity index (χ3n) is 3.42. The molecule has 0 saturated carbocycles. The van der Waals surface area contributed by atoms with E-state index in [2.05, 4.69) is 0 Å². The van der Waals surface area contributed by atoms with Crippen LogP contribution in [-0.2, 0) is 15.0 Å². The fourth-order valence-corrected chi connectivity index (χ4v) is 2.25. The lowest BCUT2D eigenvalue weighted by atomic mass is 9.73. The number of carbonyl (C=O) groups is 2. The van der Waals surface area contributed by atoms with Crippen molar-refractivity contribution in [2.45, 2.75) is 44.9 Å². The molecule has 0 amide bonds. The minimum Gasteiger partial charge on any atom is -0.481 e. The molecular formula is C15H20O4. The summed E-state index contributed by atoms with van der Waals surface area (Å²) in [6.07, 6.45) is 1.48. The van der Waals surface area contributed by atoms with Crippen molar-refractivity contribution >= 4 is 11.9 Å². The van der Waals surface area contributed by atoms with Gasteiger partial charge in [0.25, 0.3) is 0 Å². The van der Waals surface area contributed by atoms with E-state index in [4.69, 9.17) is 5.11 Å². The van der Waals surface area contributed by atoms with Crippen LogP contribution in [0.1, 0.15) is 43.7 Å². The van der Waals surface area contributed by atoms with Gasteiger partial charge in [-0.15, -0.1) is 0 Å². The summed E-state index contributed by atoms with van der Waals surface area (Å²) in [5, 5.41) is 18.6. The topological polar surface area (TPSA) is 74.6 Å². The van der Waals surface area contributed by atoms with Crippen LogP contribution >= 0.6 is 0 Å². The number of carboxylic acids is 2. The molecule has 2 N–H and O–H groups in total. The summed E-state index contributed by atoms with van der Waals surface area (Å²) in [5.74, 6) is -2.15. The highest BCUT2D eigenvalue weighted by Gasteiger charge is 2.41. The van der Waals surface area contributed by atoms with Crippen LogP contribution in [0.2, 0.25) is 0 Å². The molecule has 1 rings (SSSR count). The monoisotopic (exact) mass is 264 g/mol. The number of aliphatic carboxylic acids is 2. The van der Waals surface area contributed by atoms with Crippen LogP contribution in [-0.4, -0.2) is 22.2 Å². The molecule has 0 radical (unpaired) electrons. The predicted molar refractivity (Wildman–Crippen MR) is 72.3 cm³/mol. The smallest absolute Gasteiger partial charge is 0.314 e. The largest absolute Gasteiger partial charge is 0.481 e. The van der Waals surface area contributed by atoms with Crippen LogP contribution in [0.4, 0.5) is 0 Å². The molecule has 0 aliphatic rings. The lowest BCUT2D eigenvalue weighted by Crippen LogP contribution is -2.38. The third kappa shape index (κ3) is 3.56. The Morgan fingerprint density at radius 3 is 2.16 bits per heavy atom.